The molecule has 0 bridgehead atoms. The fourth-order valence-corrected chi connectivity index (χ4v) is 4.06. The molecule has 0 aromatic heterocycles. The number of nitrogens with one attached hydrogen (secondary N) is 2. The van der Waals surface area contributed by atoms with Crippen molar-refractivity contribution in [3.8, 4) is 0 Å². The van der Waals surface area contributed by atoms with Gasteiger partial charge in [0.05, 0.1) is 17.5 Å². The van der Waals surface area contributed by atoms with Crippen LogP contribution in [0.1, 0.15) is 57.3 Å². The van der Waals surface area contributed by atoms with E-state index in [0.29, 0.717) is 25.2 Å². The molecule has 7 nitrogen and oxygen atoms in total. The minimum Gasteiger partial charge on any atom is -0.385 e. The Hall–Kier alpha value is -1.64. The number of morpholine rings is 1. The van der Waals surface area contributed by atoms with Gasteiger partial charge in [0.15, 0.2) is 0 Å². The highest BCUT2D eigenvalue weighted by atomic mass is 32.2. The molecule has 0 spiro atoms. The Kier molecular flexibility index (Phi) is 8.92. The molecule has 2 rings (SSSR count). The van der Waals surface area contributed by atoms with Crippen molar-refractivity contribution in [3.63, 3.8) is 0 Å². The topological polar surface area (TPSA) is 87.7 Å². The maximum atomic E-state index is 12.7. The molecule has 29 heavy (non-hydrogen) atoms. The van der Waals surface area contributed by atoms with Crippen LogP contribution in [0.3, 0.4) is 0 Å². The Labute approximate surface area is 175 Å². The summed E-state index contributed by atoms with van der Waals surface area (Å²) in [5.41, 5.74) is 1.67. The molecule has 0 saturated carbocycles. The summed E-state index contributed by atoms with van der Waals surface area (Å²) in [6.45, 7) is 9.86. The highest BCUT2D eigenvalue weighted by molar-refractivity contribution is 7.90. The van der Waals surface area contributed by atoms with Crippen LogP contribution < -0.4 is 10.0 Å². The summed E-state index contributed by atoms with van der Waals surface area (Å²) in [6.07, 6.45) is 2.83. The van der Waals surface area contributed by atoms with Crippen LogP contribution >= 0.6 is 0 Å². The smallest absolute Gasteiger partial charge is 0.254 e. The normalized spacial score (nSPS) is 20.1. The molecule has 1 amide bonds. The number of sulfonamides is 1. The fourth-order valence-electron chi connectivity index (χ4n) is 3.30. The molecule has 1 heterocycles. The third kappa shape index (κ3) is 7.60. The van der Waals surface area contributed by atoms with Gasteiger partial charge in [0, 0.05) is 37.4 Å². The van der Waals surface area contributed by atoms with Gasteiger partial charge >= 0.3 is 0 Å². The molecule has 1 aliphatic rings. The van der Waals surface area contributed by atoms with Crippen LogP contribution in [0.15, 0.2) is 24.3 Å². The molecule has 1 saturated heterocycles. The highest BCUT2D eigenvalue weighted by Crippen LogP contribution is 2.16. The standard InChI is InChI=1S/C21H35N3O4S/c1-16(2)29(26,27)23-13-7-5-6-12-22-20-10-8-19(9-11-20)21(25)24-14-17(3)28-18(4)15-24/h8-11,16-18,22-23H,5-7,12-15H2,1-4H3. The highest BCUT2D eigenvalue weighted by Gasteiger charge is 2.26. The van der Waals surface area contributed by atoms with E-state index in [4.69, 9.17) is 4.74 Å². The molecular formula is C21H35N3O4S. The van der Waals surface area contributed by atoms with Gasteiger partial charge in [-0.3, -0.25) is 4.79 Å². The molecule has 1 fully saturated rings. The van der Waals surface area contributed by atoms with Crippen LogP contribution in [-0.2, 0) is 14.8 Å². The number of rotatable bonds is 10. The molecule has 1 aromatic carbocycles. The van der Waals surface area contributed by atoms with Gasteiger partial charge in [-0.2, -0.15) is 0 Å². The first-order valence-electron chi connectivity index (χ1n) is 10.5. The monoisotopic (exact) mass is 425 g/mol. The number of carbonyl (C=O) groups excluding carboxylic acids is 1. The van der Waals surface area contributed by atoms with Gasteiger partial charge in [0.1, 0.15) is 0 Å². The van der Waals surface area contributed by atoms with Gasteiger partial charge in [-0.05, 0) is 64.8 Å². The number of anilines is 1. The van der Waals surface area contributed by atoms with Gasteiger partial charge in [0.25, 0.3) is 5.91 Å². The molecule has 0 aliphatic carbocycles. The quantitative estimate of drug-likeness (QED) is 0.563. The van der Waals surface area contributed by atoms with E-state index in [1.54, 1.807) is 13.8 Å². The van der Waals surface area contributed by atoms with Gasteiger partial charge < -0.3 is 15.0 Å². The summed E-state index contributed by atoms with van der Waals surface area (Å²) in [5, 5.41) is 2.95. The number of hydrogen-bond acceptors (Lipinski definition) is 5. The van der Waals surface area contributed by atoms with E-state index < -0.39 is 15.3 Å². The lowest BCUT2D eigenvalue weighted by molar-refractivity contribution is -0.0586. The van der Waals surface area contributed by atoms with Gasteiger partial charge in [-0.15, -0.1) is 0 Å². The number of unbranched alkanes of at least 4 members (excludes halogenated alkanes) is 2. The number of ether oxygens (including phenoxy) is 1. The first-order chi connectivity index (χ1) is 13.7. The van der Waals surface area contributed by atoms with Gasteiger partial charge in [-0.1, -0.05) is 6.42 Å². The number of hydrogen-bond donors (Lipinski definition) is 2. The lowest BCUT2D eigenvalue weighted by Crippen LogP contribution is -2.48. The van der Waals surface area contributed by atoms with Crippen molar-refractivity contribution >= 4 is 21.6 Å². The summed E-state index contributed by atoms with van der Waals surface area (Å²) in [7, 11) is -3.16. The van der Waals surface area contributed by atoms with Crippen molar-refractivity contribution in [2.45, 2.75) is 64.4 Å². The first kappa shape index (κ1) is 23.6. The summed E-state index contributed by atoms with van der Waals surface area (Å²) in [5.74, 6) is 0.0439. The van der Waals surface area contributed by atoms with E-state index in [9.17, 15) is 13.2 Å². The van der Waals surface area contributed by atoms with Crippen LogP contribution in [0.2, 0.25) is 0 Å². The zero-order valence-electron chi connectivity index (χ0n) is 18.0. The molecule has 2 N–H and O–H groups in total. The van der Waals surface area contributed by atoms with Crippen molar-refractivity contribution in [1.29, 1.82) is 0 Å². The third-order valence-electron chi connectivity index (χ3n) is 4.95. The largest absolute Gasteiger partial charge is 0.385 e. The third-order valence-corrected chi connectivity index (χ3v) is 6.79. The Balaban J connectivity index is 1.68. The average molecular weight is 426 g/mol. The minimum atomic E-state index is -3.16. The summed E-state index contributed by atoms with van der Waals surface area (Å²) in [6, 6.07) is 7.57. The maximum Gasteiger partial charge on any atom is 0.254 e. The fraction of sp³-hybridized carbons (Fsp3) is 0.667. The molecule has 1 aromatic rings. The Bertz CT molecular complexity index is 740. The molecule has 2 unspecified atom stereocenters. The van der Waals surface area contributed by atoms with Crippen LogP contribution in [0.25, 0.3) is 0 Å². The van der Waals surface area contributed by atoms with E-state index in [1.165, 1.54) is 0 Å². The van der Waals surface area contributed by atoms with Gasteiger partial charge in [-0.25, -0.2) is 13.1 Å². The number of nitrogens with zero attached hydrogens (tertiary/aromatic N) is 1. The first-order valence-corrected chi connectivity index (χ1v) is 12.0. The molecule has 1 aliphatic heterocycles. The average Bonchev–Trinajstić information content (AvgIpc) is 2.66. The van der Waals surface area contributed by atoms with Crippen molar-refractivity contribution in [2.75, 3.05) is 31.5 Å². The zero-order chi connectivity index (χ0) is 21.4. The zero-order valence-corrected chi connectivity index (χ0v) is 18.8. The van der Waals surface area contributed by atoms with Crippen LogP contribution in [0.4, 0.5) is 5.69 Å². The predicted octanol–water partition coefficient (Wildman–Crippen LogP) is 2.85. The Morgan fingerprint density at radius 1 is 1.07 bits per heavy atom. The van der Waals surface area contributed by atoms with E-state index in [2.05, 4.69) is 10.0 Å². The second kappa shape index (κ2) is 10.9. The second-order valence-electron chi connectivity index (χ2n) is 8.02. The number of carbonyl (C=O) groups is 1. The second-order valence-corrected chi connectivity index (χ2v) is 10.3. The van der Waals surface area contributed by atoms with Gasteiger partial charge in [0.2, 0.25) is 10.0 Å². The lowest BCUT2D eigenvalue weighted by Gasteiger charge is -2.35. The van der Waals surface area contributed by atoms with E-state index in [-0.39, 0.29) is 18.1 Å². The molecule has 164 valence electrons. The van der Waals surface area contributed by atoms with E-state index >= 15 is 0 Å². The molecule has 2 atom stereocenters. The maximum absolute atomic E-state index is 12.7. The predicted molar refractivity (Wildman–Crippen MR) is 117 cm³/mol. The molecule has 8 heteroatoms. The van der Waals surface area contributed by atoms with Crippen LogP contribution in [-0.4, -0.2) is 62.9 Å². The van der Waals surface area contributed by atoms with Crippen LogP contribution in [0, 0.1) is 0 Å². The SMILES string of the molecule is CC1CN(C(=O)c2ccc(NCCCCCNS(=O)(=O)C(C)C)cc2)CC(C)O1. The minimum absolute atomic E-state index is 0.0439. The molecular weight excluding hydrogens is 390 g/mol. The number of benzene rings is 1. The summed E-state index contributed by atoms with van der Waals surface area (Å²) >= 11 is 0. The van der Waals surface area contributed by atoms with Crippen molar-refractivity contribution in [2.24, 2.45) is 0 Å². The van der Waals surface area contributed by atoms with E-state index in [0.717, 1.165) is 31.5 Å². The lowest BCUT2D eigenvalue weighted by atomic mass is 10.1. The Morgan fingerprint density at radius 2 is 1.66 bits per heavy atom. The van der Waals surface area contributed by atoms with E-state index in [1.807, 2.05) is 43.0 Å². The summed E-state index contributed by atoms with van der Waals surface area (Å²) < 4.78 is 31.6. The van der Waals surface area contributed by atoms with Crippen molar-refractivity contribution in [3.05, 3.63) is 29.8 Å². The van der Waals surface area contributed by atoms with Crippen LogP contribution in [0.5, 0.6) is 0 Å². The van der Waals surface area contributed by atoms with Crippen molar-refractivity contribution < 1.29 is 17.9 Å². The molecule has 0 radical (unpaired) electrons. The Morgan fingerprint density at radius 3 is 2.24 bits per heavy atom. The number of amides is 1. The van der Waals surface area contributed by atoms with Crippen molar-refractivity contribution in [1.82, 2.24) is 9.62 Å². The summed E-state index contributed by atoms with van der Waals surface area (Å²) in [4.78, 5) is 14.5.